The minimum absolute atomic E-state index is 0.926. The standard InChI is InChI=1S/C45H34N4.2C44H32N4/c1-31-28-32(2)30-38(29-31)49-44-19-11-8-16-41(44)46-45(49)33-20-22-35(23-21-33)47(34-12-4-3-5-13-34)36-24-26-37(27-25-36)48-42-17-9-6-14-39(42)40-15-7-10-18-43(40)48;1-31-20-29-43-40(30-31)45-44(48(43)34-14-6-3-7-15-34)32-21-23-35(24-22-32)46(33-12-4-2-5-13-33)36-25-27-37(28-26-36)47-41-18-10-8-16-38(41)39-17-9-11-19-42(39)47;1-31-12-11-15-37(30-31)48-43-21-10-7-18-40(43)45-44(48)32-22-24-34(25-23-32)46(33-13-3-2-4-14-33)35-26-28-36(29-27-35)47-41-19-8-5-16-38(41)39-17-6-9-20-42(39)47/h3-30H,1-2H3;2*2-30H,1H3. The van der Waals surface area contributed by atoms with Crippen molar-refractivity contribution in [3.8, 4) is 68.3 Å². The monoisotopic (exact) mass is 1860 g/mol. The summed E-state index contributed by atoms with van der Waals surface area (Å²) >= 11 is 0. The highest BCUT2D eigenvalue weighted by Gasteiger charge is 2.25. The first kappa shape index (κ1) is 87.3. The lowest BCUT2D eigenvalue weighted by atomic mass is 10.1. The molecule has 6 heterocycles. The number of hydrogen-bond donors (Lipinski definition) is 0. The van der Waals surface area contributed by atoms with E-state index in [1.54, 1.807) is 0 Å². The summed E-state index contributed by atoms with van der Waals surface area (Å²) in [5.74, 6) is 2.78. The van der Waals surface area contributed by atoms with Crippen molar-refractivity contribution in [1.82, 2.24) is 42.4 Å². The van der Waals surface area contributed by atoms with Gasteiger partial charge in [0.1, 0.15) is 17.5 Å². The Labute approximate surface area is 840 Å². The molecule has 27 rings (SSSR count). The predicted molar refractivity (Wildman–Crippen MR) is 606 cm³/mol. The van der Waals surface area contributed by atoms with Crippen LogP contribution in [0.15, 0.2) is 522 Å². The normalized spacial score (nSPS) is 11.4. The lowest BCUT2D eigenvalue weighted by Crippen LogP contribution is -2.10. The first-order valence-corrected chi connectivity index (χ1v) is 49.4. The van der Waals surface area contributed by atoms with Crippen LogP contribution in [0, 0.1) is 27.7 Å². The van der Waals surface area contributed by atoms with Crippen LogP contribution in [0.25, 0.3) is 167 Å². The molecule has 12 heteroatoms. The third-order valence-corrected chi connectivity index (χ3v) is 27.7. The second-order valence-corrected chi connectivity index (χ2v) is 37.1. The van der Waals surface area contributed by atoms with E-state index in [4.69, 9.17) is 15.0 Å². The SMILES string of the molecule is Cc1cc(C)cc(-n2c(-c3ccc(N(c4ccccc4)c4ccc(-n5c6ccccc6c6ccccc65)cc4)cc3)nc3ccccc32)c1.Cc1ccc2c(c1)nc(-c1ccc(N(c3ccccc3)c3ccc(-n4c5ccccc5c5ccccc54)cc3)cc1)n2-c1ccccc1.Cc1cccc(-n2c(-c3ccc(N(c4ccccc4)c4ccc(-n5c6ccccc6c6ccccc65)cc4)cc3)nc3ccccc32)c1. The minimum Gasteiger partial charge on any atom is -0.311 e. The smallest absolute Gasteiger partial charge is 0.145 e. The van der Waals surface area contributed by atoms with Gasteiger partial charge in [-0.2, -0.15) is 0 Å². The molecule has 6 aromatic heterocycles. The van der Waals surface area contributed by atoms with Gasteiger partial charge < -0.3 is 28.4 Å². The summed E-state index contributed by atoms with van der Waals surface area (Å²) in [6, 6.07) is 186. The fraction of sp³-hybridized carbons (Fsp3) is 0.0301. The van der Waals surface area contributed by atoms with Gasteiger partial charge in [0.15, 0.2) is 0 Å². The summed E-state index contributed by atoms with van der Waals surface area (Å²) in [6.45, 7) is 8.54. The molecule has 0 bridgehead atoms. The van der Waals surface area contributed by atoms with Crippen LogP contribution in [0.5, 0.6) is 0 Å². The van der Waals surface area contributed by atoms with Gasteiger partial charge in [0.05, 0.1) is 66.2 Å². The highest BCUT2D eigenvalue weighted by Crippen LogP contribution is 2.45. The largest absolute Gasteiger partial charge is 0.311 e. The summed E-state index contributed by atoms with van der Waals surface area (Å²) in [4.78, 5) is 22.3. The highest BCUT2D eigenvalue weighted by molar-refractivity contribution is 6.12. The van der Waals surface area contributed by atoms with Crippen molar-refractivity contribution < 1.29 is 0 Å². The van der Waals surface area contributed by atoms with Crippen molar-refractivity contribution in [2.45, 2.75) is 27.7 Å². The van der Waals surface area contributed by atoms with E-state index in [2.05, 4.69) is 585 Å². The molecule has 0 atom stereocenters. The molecule has 27 aromatic rings. The minimum atomic E-state index is 0.926. The Morgan fingerprint density at radius 2 is 0.379 bits per heavy atom. The van der Waals surface area contributed by atoms with E-state index in [0.29, 0.717) is 0 Å². The van der Waals surface area contributed by atoms with Gasteiger partial charge in [0.25, 0.3) is 0 Å². The van der Waals surface area contributed by atoms with Gasteiger partial charge >= 0.3 is 0 Å². The third-order valence-electron chi connectivity index (χ3n) is 27.7. The Hall–Kier alpha value is -19.2. The third kappa shape index (κ3) is 16.3. The van der Waals surface area contributed by atoms with Crippen LogP contribution >= 0.6 is 0 Å². The maximum absolute atomic E-state index is 5.14. The molecule has 145 heavy (non-hydrogen) atoms. The topological polar surface area (TPSA) is 78.0 Å². The van der Waals surface area contributed by atoms with Gasteiger partial charge in [-0.25, -0.2) is 15.0 Å². The Morgan fingerprint density at radius 1 is 0.145 bits per heavy atom. The molecule has 0 saturated heterocycles. The van der Waals surface area contributed by atoms with E-state index in [1.165, 1.54) is 87.7 Å². The number of fused-ring (bicyclic) bond motifs is 12. The van der Waals surface area contributed by atoms with E-state index in [-0.39, 0.29) is 0 Å². The maximum atomic E-state index is 5.14. The van der Waals surface area contributed by atoms with E-state index in [9.17, 15) is 0 Å². The number of nitrogens with zero attached hydrogens (tertiary/aromatic N) is 12. The molecule has 0 N–H and O–H groups in total. The maximum Gasteiger partial charge on any atom is 0.145 e. The van der Waals surface area contributed by atoms with E-state index in [0.717, 1.165) is 153 Å². The fourth-order valence-electron chi connectivity index (χ4n) is 21.2. The number of hydrogen-bond acceptors (Lipinski definition) is 6. The predicted octanol–water partition coefficient (Wildman–Crippen LogP) is 35.0. The van der Waals surface area contributed by atoms with Gasteiger partial charge in [0, 0.05) is 134 Å². The van der Waals surface area contributed by atoms with Gasteiger partial charge in [0.2, 0.25) is 0 Å². The summed E-state index contributed by atoms with van der Waals surface area (Å²) in [5.41, 5.74) is 38.1. The molecule has 0 aliphatic carbocycles. The zero-order valence-corrected chi connectivity index (χ0v) is 80.5. The summed E-state index contributed by atoms with van der Waals surface area (Å²) in [5, 5.41) is 7.58. The van der Waals surface area contributed by atoms with Crippen LogP contribution in [0.3, 0.4) is 0 Å². The number of imidazole rings is 3. The zero-order chi connectivity index (χ0) is 97.0. The van der Waals surface area contributed by atoms with Crippen LogP contribution in [0.2, 0.25) is 0 Å². The molecule has 0 aliphatic heterocycles. The molecular formula is C133H98N12. The van der Waals surface area contributed by atoms with Gasteiger partial charge in [-0.1, -0.05) is 231 Å². The molecular weight excluding hydrogens is 1770 g/mol. The summed E-state index contributed by atoms with van der Waals surface area (Å²) < 4.78 is 13.9. The molecule has 0 aliphatic rings. The number of benzene rings is 21. The number of aryl methyl sites for hydroxylation is 4. The van der Waals surface area contributed by atoms with Crippen molar-refractivity contribution in [2.75, 3.05) is 14.7 Å². The van der Waals surface area contributed by atoms with Gasteiger partial charge in [-0.05, 0) is 341 Å². The lowest BCUT2D eigenvalue weighted by Gasteiger charge is -2.26. The quantitative estimate of drug-likeness (QED) is 0.0852. The molecule has 0 unspecified atom stereocenters. The number of para-hydroxylation sites is 14. The van der Waals surface area contributed by atoms with Gasteiger partial charge in [-0.15, -0.1) is 0 Å². The summed E-state index contributed by atoms with van der Waals surface area (Å²) in [7, 11) is 0. The van der Waals surface area contributed by atoms with Crippen molar-refractivity contribution >= 4 is 150 Å². The molecule has 0 radical (unpaired) electrons. The molecule has 12 nitrogen and oxygen atoms in total. The van der Waals surface area contributed by atoms with Crippen molar-refractivity contribution in [1.29, 1.82) is 0 Å². The molecule has 0 saturated carbocycles. The molecule has 0 amide bonds. The Kier molecular flexibility index (Phi) is 22.6. The molecule has 0 spiro atoms. The van der Waals surface area contributed by atoms with E-state index >= 15 is 0 Å². The van der Waals surface area contributed by atoms with Crippen molar-refractivity contribution in [3.05, 3.63) is 544 Å². The first-order valence-electron chi connectivity index (χ1n) is 49.4. The van der Waals surface area contributed by atoms with Gasteiger partial charge in [-0.3, -0.25) is 13.7 Å². The highest BCUT2D eigenvalue weighted by atomic mass is 15.2. The van der Waals surface area contributed by atoms with Crippen LogP contribution in [-0.4, -0.2) is 42.4 Å². The van der Waals surface area contributed by atoms with Crippen LogP contribution < -0.4 is 14.7 Å². The Morgan fingerprint density at radius 3 is 0.710 bits per heavy atom. The second kappa shape index (κ2) is 37.5. The van der Waals surface area contributed by atoms with Crippen molar-refractivity contribution in [3.63, 3.8) is 0 Å². The van der Waals surface area contributed by atoms with E-state index in [1.807, 2.05) is 6.07 Å². The Bertz CT molecular complexity index is 9270. The van der Waals surface area contributed by atoms with Crippen LogP contribution in [-0.2, 0) is 0 Å². The summed E-state index contributed by atoms with van der Waals surface area (Å²) in [6.07, 6.45) is 0. The average Bonchev–Trinajstić information content (AvgIpc) is 1.61. The van der Waals surface area contributed by atoms with E-state index < -0.39 is 0 Å². The number of aromatic nitrogens is 9. The Balaban J connectivity index is 0.000000114. The lowest BCUT2D eigenvalue weighted by molar-refractivity contribution is 1.09. The second-order valence-electron chi connectivity index (χ2n) is 37.1. The average molecular weight is 1860 g/mol. The molecule has 21 aromatic carbocycles. The number of rotatable bonds is 18. The number of anilines is 9. The zero-order valence-electron chi connectivity index (χ0n) is 80.5. The van der Waals surface area contributed by atoms with Crippen LogP contribution in [0.4, 0.5) is 51.2 Å². The van der Waals surface area contributed by atoms with Crippen molar-refractivity contribution in [2.24, 2.45) is 0 Å². The fourth-order valence-corrected chi connectivity index (χ4v) is 21.2. The molecule has 690 valence electrons. The first-order chi connectivity index (χ1) is 71.6. The molecule has 0 fully saturated rings. The van der Waals surface area contributed by atoms with Crippen LogP contribution in [0.1, 0.15) is 22.3 Å².